The normalized spacial score (nSPS) is 23.0. The Hall–Kier alpha value is -1.87. The van der Waals surface area contributed by atoms with Crippen LogP contribution < -0.4 is 10.8 Å². The fourth-order valence-corrected chi connectivity index (χ4v) is 5.70. The number of hydrogen-bond acceptors (Lipinski definition) is 6. The number of hydrazone groups is 1. The van der Waals surface area contributed by atoms with Gasteiger partial charge in [-0.3, -0.25) is 0 Å². The van der Waals surface area contributed by atoms with Crippen LogP contribution in [-0.2, 0) is 9.84 Å². The molecule has 3 N–H and O–H groups in total. The molecule has 7 nitrogen and oxygen atoms in total. The molecule has 0 saturated heterocycles. The molecule has 0 atom stereocenters. The van der Waals surface area contributed by atoms with Gasteiger partial charge in [-0.15, -0.1) is 0 Å². The molecule has 1 fully saturated rings. The lowest BCUT2D eigenvalue weighted by Crippen LogP contribution is -2.51. The van der Waals surface area contributed by atoms with Gasteiger partial charge < -0.3 is 15.3 Å². The quantitative estimate of drug-likeness (QED) is 0.670. The van der Waals surface area contributed by atoms with Gasteiger partial charge in [0.05, 0.1) is 11.5 Å². The predicted molar refractivity (Wildman–Crippen MR) is 98.5 cm³/mol. The van der Waals surface area contributed by atoms with Gasteiger partial charge in [0.1, 0.15) is 5.65 Å². The van der Waals surface area contributed by atoms with Gasteiger partial charge >= 0.3 is 7.05 Å². The van der Waals surface area contributed by atoms with Crippen molar-refractivity contribution >= 4 is 39.1 Å². The summed E-state index contributed by atoms with van der Waals surface area (Å²) in [6, 6.07) is 1.94. The highest BCUT2D eigenvalue weighted by molar-refractivity contribution is 7.91. The lowest BCUT2D eigenvalue weighted by Gasteiger charge is -2.37. The van der Waals surface area contributed by atoms with Crippen LogP contribution in [0.5, 0.6) is 0 Å². The zero-order valence-electron chi connectivity index (χ0n) is 14.1. The van der Waals surface area contributed by atoms with Crippen LogP contribution >= 0.6 is 0 Å². The predicted octanol–water partition coefficient (Wildman–Crippen LogP) is 0.409. The van der Waals surface area contributed by atoms with Gasteiger partial charge in [-0.1, -0.05) is 6.92 Å². The van der Waals surface area contributed by atoms with E-state index in [1.54, 1.807) is 6.20 Å². The van der Waals surface area contributed by atoms with Crippen molar-refractivity contribution in [3.05, 3.63) is 24.0 Å². The Balaban J connectivity index is 1.57. The minimum atomic E-state index is -2.95. The molecule has 0 bridgehead atoms. The van der Waals surface area contributed by atoms with Gasteiger partial charge in [-0.25, -0.2) is 13.4 Å². The van der Waals surface area contributed by atoms with Crippen LogP contribution in [-0.4, -0.2) is 47.7 Å². The number of H-pyrrole nitrogens is 1. The summed E-state index contributed by atoms with van der Waals surface area (Å²) >= 11 is 0. The summed E-state index contributed by atoms with van der Waals surface area (Å²) in [5.74, 6) is 0.939. The van der Waals surface area contributed by atoms with Crippen molar-refractivity contribution in [1.82, 2.24) is 15.3 Å². The zero-order valence-corrected chi connectivity index (χ0v) is 14.9. The van der Waals surface area contributed by atoms with Crippen LogP contribution in [0.15, 0.2) is 23.6 Å². The molecule has 0 spiro atoms. The van der Waals surface area contributed by atoms with E-state index in [-0.39, 0.29) is 23.3 Å². The molecule has 2 aromatic heterocycles. The van der Waals surface area contributed by atoms with Gasteiger partial charge in [0.2, 0.25) is 0 Å². The highest BCUT2D eigenvalue weighted by Crippen LogP contribution is 2.38. The summed E-state index contributed by atoms with van der Waals surface area (Å²) in [6.07, 6.45) is 5.78. The monoisotopic (exact) mass is 360 g/mol. The molecule has 9 heteroatoms. The van der Waals surface area contributed by atoms with Crippen LogP contribution in [0.25, 0.3) is 11.0 Å². The molecule has 2 aromatic rings. The molecule has 0 radical (unpaired) electrons. The second-order valence-electron chi connectivity index (χ2n) is 7.01. The maximum absolute atomic E-state index is 12.0. The number of aromatic nitrogens is 2. The summed E-state index contributed by atoms with van der Waals surface area (Å²) in [5.41, 5.74) is 3.31. The smallest absolute Gasteiger partial charge is 0.428 e. The number of hydrogen-bond donors (Lipinski definition) is 3. The summed E-state index contributed by atoms with van der Waals surface area (Å²) < 4.78 is 24.0. The first-order valence-corrected chi connectivity index (χ1v) is 10.5. The molecule has 0 unspecified atom stereocenters. The lowest BCUT2D eigenvalue weighted by molar-refractivity contribution is 0.283. The van der Waals surface area contributed by atoms with Crippen molar-refractivity contribution in [1.29, 1.82) is 0 Å². The van der Waals surface area contributed by atoms with Crippen molar-refractivity contribution in [3.63, 3.8) is 0 Å². The fourth-order valence-electron chi connectivity index (χ4n) is 3.92. The Morgan fingerprint density at radius 1 is 1.40 bits per heavy atom. The highest BCUT2D eigenvalue weighted by atomic mass is 32.2. The third-order valence-electron chi connectivity index (χ3n) is 5.10. The van der Waals surface area contributed by atoms with E-state index in [0.29, 0.717) is 6.42 Å². The number of rotatable bonds is 5. The lowest BCUT2D eigenvalue weighted by atomic mass is 9.65. The van der Waals surface area contributed by atoms with Crippen LogP contribution in [0.3, 0.4) is 0 Å². The number of nitrogens with one attached hydrogen (secondary N) is 2. The van der Waals surface area contributed by atoms with Crippen LogP contribution in [0.4, 0.5) is 0 Å². The molecule has 132 valence electrons. The molecule has 0 aromatic carbocycles. The number of sulfone groups is 1. The second kappa shape index (κ2) is 6.14. The second-order valence-corrected chi connectivity index (χ2v) is 9.23. The molecule has 1 aliphatic carbocycles. The van der Waals surface area contributed by atoms with Crippen molar-refractivity contribution in [3.8, 4) is 0 Å². The third-order valence-corrected chi connectivity index (χ3v) is 7.11. The van der Waals surface area contributed by atoms with Crippen LogP contribution in [0.2, 0.25) is 0 Å². The molecular formula is C16H21BN4O3S. The molecular weight excluding hydrogens is 339 g/mol. The van der Waals surface area contributed by atoms with E-state index in [4.69, 9.17) is 0 Å². The summed E-state index contributed by atoms with van der Waals surface area (Å²) in [6.45, 7) is 1.89. The minimum absolute atomic E-state index is 0.197. The first-order chi connectivity index (χ1) is 12.0. The molecule has 1 saturated carbocycles. The van der Waals surface area contributed by atoms with Crippen molar-refractivity contribution in [2.45, 2.75) is 26.2 Å². The SMILES string of the molecule is CCCS(=O)(=O)CC1CC(C2=NNB(O)c3cnc4[nH]ccc4c32)C1. The van der Waals surface area contributed by atoms with Crippen LogP contribution in [0, 0.1) is 11.8 Å². The molecule has 4 rings (SSSR count). The maximum atomic E-state index is 12.0. The number of nitrogens with zero attached hydrogens (tertiary/aromatic N) is 2. The topological polar surface area (TPSA) is 107 Å². The van der Waals surface area contributed by atoms with E-state index in [1.165, 1.54) is 0 Å². The van der Waals surface area contributed by atoms with Crippen LogP contribution in [0.1, 0.15) is 31.7 Å². The van der Waals surface area contributed by atoms with Crippen molar-refractivity contribution in [2.24, 2.45) is 16.9 Å². The van der Waals surface area contributed by atoms with Gasteiger partial charge in [0.25, 0.3) is 0 Å². The third kappa shape index (κ3) is 2.95. The minimum Gasteiger partial charge on any atom is -0.428 e. The Labute approximate surface area is 147 Å². The van der Waals surface area contributed by atoms with E-state index in [2.05, 4.69) is 20.4 Å². The first-order valence-electron chi connectivity index (χ1n) is 8.66. The van der Waals surface area contributed by atoms with Gasteiger partial charge in [-0.05, 0) is 31.2 Å². The Kier molecular flexibility index (Phi) is 4.07. The summed E-state index contributed by atoms with van der Waals surface area (Å²) in [5, 5.41) is 18.3. The van der Waals surface area contributed by atoms with Gasteiger partial charge in [0, 0.05) is 40.5 Å². The Morgan fingerprint density at radius 2 is 2.20 bits per heavy atom. The summed E-state index contributed by atoms with van der Waals surface area (Å²) in [4.78, 5) is 7.42. The highest BCUT2D eigenvalue weighted by Gasteiger charge is 2.40. The molecule has 25 heavy (non-hydrogen) atoms. The van der Waals surface area contributed by atoms with Gasteiger partial charge in [-0.2, -0.15) is 5.10 Å². The zero-order chi connectivity index (χ0) is 17.6. The Bertz CT molecular complexity index is 934. The number of fused-ring (bicyclic) bond motifs is 3. The van der Waals surface area contributed by atoms with E-state index < -0.39 is 16.9 Å². The van der Waals surface area contributed by atoms with E-state index in [0.717, 1.165) is 40.6 Å². The average molecular weight is 360 g/mol. The van der Waals surface area contributed by atoms with Crippen molar-refractivity contribution in [2.75, 3.05) is 11.5 Å². The van der Waals surface area contributed by atoms with Gasteiger partial charge in [0.15, 0.2) is 9.84 Å². The number of aromatic amines is 1. The van der Waals surface area contributed by atoms with E-state index in [9.17, 15) is 13.4 Å². The van der Waals surface area contributed by atoms with Crippen molar-refractivity contribution < 1.29 is 13.4 Å². The average Bonchev–Trinajstić information content (AvgIpc) is 3.00. The molecule has 3 heterocycles. The largest absolute Gasteiger partial charge is 0.465 e. The Morgan fingerprint density at radius 3 is 2.96 bits per heavy atom. The molecule has 2 aliphatic rings. The maximum Gasteiger partial charge on any atom is 0.465 e. The summed E-state index contributed by atoms with van der Waals surface area (Å²) in [7, 11) is -3.82. The number of pyridine rings is 1. The molecule has 1 aliphatic heterocycles. The van der Waals surface area contributed by atoms with E-state index in [1.807, 2.05) is 19.2 Å². The van der Waals surface area contributed by atoms with E-state index >= 15 is 0 Å². The molecule has 0 amide bonds. The fraction of sp³-hybridized carbons (Fsp3) is 0.500. The standard InChI is InChI=1S/C16H21BN4O3S/c1-2-5-25(23,24)9-10-6-11(7-10)15-14-12-3-4-18-16(12)19-8-13(14)17(22)21-20-15/h3-4,8,10-11,21-22H,2,5-7,9H2,1H3,(H,18,19). The first kappa shape index (κ1) is 16.6.